The summed E-state index contributed by atoms with van der Waals surface area (Å²) >= 11 is 2.68. The monoisotopic (exact) mass is 365 g/mol. The fraction of sp³-hybridized carbons (Fsp3) is 0.294. The molecule has 1 amide bonds. The molecule has 0 aliphatic carbocycles. The van der Waals surface area contributed by atoms with E-state index in [4.69, 9.17) is 9.84 Å². The number of ether oxygens (including phenoxy) is 1. The number of aliphatic hydroxyl groups is 1. The first-order valence-electron chi connectivity index (χ1n) is 7.50. The molecule has 0 saturated carbocycles. The minimum absolute atomic E-state index is 0.0309. The maximum absolute atomic E-state index is 12.1. The Balaban J connectivity index is 2.22. The lowest BCUT2D eigenvalue weighted by Gasteiger charge is -2.05. The number of benzene rings is 1. The van der Waals surface area contributed by atoms with Crippen molar-refractivity contribution in [2.75, 3.05) is 30.0 Å². The summed E-state index contributed by atoms with van der Waals surface area (Å²) in [6, 6.07) is 11.4. The third-order valence-electron chi connectivity index (χ3n) is 3.01. The predicted molar refractivity (Wildman–Crippen MR) is 98.8 cm³/mol. The van der Waals surface area contributed by atoms with Crippen LogP contribution in [0.25, 0.3) is 10.4 Å². The second-order valence-corrected chi connectivity index (χ2v) is 6.92. The van der Waals surface area contributed by atoms with Gasteiger partial charge in [0.15, 0.2) is 0 Å². The zero-order chi connectivity index (χ0) is 17.4. The highest BCUT2D eigenvalue weighted by Gasteiger charge is 2.19. The Morgan fingerprint density at radius 1 is 1.29 bits per heavy atom. The van der Waals surface area contributed by atoms with Crippen LogP contribution in [0.15, 0.2) is 36.4 Å². The zero-order valence-electron chi connectivity index (χ0n) is 13.3. The van der Waals surface area contributed by atoms with Gasteiger partial charge in [0, 0.05) is 10.6 Å². The van der Waals surface area contributed by atoms with E-state index in [-0.39, 0.29) is 24.9 Å². The summed E-state index contributed by atoms with van der Waals surface area (Å²) in [5.41, 5.74) is 1.34. The summed E-state index contributed by atoms with van der Waals surface area (Å²) in [7, 11) is 0. The van der Waals surface area contributed by atoms with Gasteiger partial charge in [-0.05, 0) is 18.6 Å². The van der Waals surface area contributed by atoms with Crippen LogP contribution in [0, 0.1) is 0 Å². The maximum atomic E-state index is 12.1. The lowest BCUT2D eigenvalue weighted by atomic mass is 10.1. The van der Waals surface area contributed by atoms with Gasteiger partial charge >= 0.3 is 5.97 Å². The van der Waals surface area contributed by atoms with E-state index in [1.807, 2.05) is 30.3 Å². The van der Waals surface area contributed by atoms with Gasteiger partial charge in [-0.25, -0.2) is 4.79 Å². The van der Waals surface area contributed by atoms with Crippen molar-refractivity contribution in [2.24, 2.45) is 0 Å². The average Bonchev–Trinajstić information content (AvgIpc) is 3.00. The first-order chi connectivity index (χ1) is 11.7. The largest absolute Gasteiger partial charge is 0.462 e. The Labute approximate surface area is 149 Å². The number of hydrogen-bond donors (Lipinski definition) is 2. The van der Waals surface area contributed by atoms with Crippen molar-refractivity contribution in [2.45, 2.75) is 6.92 Å². The molecule has 1 heterocycles. The zero-order valence-corrected chi connectivity index (χ0v) is 14.9. The molecule has 0 fully saturated rings. The van der Waals surface area contributed by atoms with Crippen molar-refractivity contribution in [1.29, 1.82) is 0 Å². The van der Waals surface area contributed by atoms with Crippen molar-refractivity contribution in [3.8, 4) is 10.4 Å². The van der Waals surface area contributed by atoms with Crippen molar-refractivity contribution < 1.29 is 19.4 Å². The van der Waals surface area contributed by atoms with Gasteiger partial charge in [-0.3, -0.25) is 4.79 Å². The topological polar surface area (TPSA) is 75.6 Å². The Bertz CT molecular complexity index is 685. The van der Waals surface area contributed by atoms with Crippen LogP contribution in [0.5, 0.6) is 0 Å². The van der Waals surface area contributed by atoms with Gasteiger partial charge < -0.3 is 15.2 Å². The van der Waals surface area contributed by atoms with E-state index in [0.29, 0.717) is 16.3 Å². The van der Waals surface area contributed by atoms with E-state index in [1.54, 1.807) is 13.0 Å². The molecule has 128 valence electrons. The van der Waals surface area contributed by atoms with E-state index >= 15 is 0 Å². The van der Waals surface area contributed by atoms with Gasteiger partial charge in [0.2, 0.25) is 5.91 Å². The molecule has 2 rings (SSSR count). The molecule has 0 saturated heterocycles. The lowest BCUT2D eigenvalue weighted by molar-refractivity contribution is -0.113. The summed E-state index contributed by atoms with van der Waals surface area (Å²) in [5.74, 6) is 0.0638. The summed E-state index contributed by atoms with van der Waals surface area (Å²) in [6.07, 6.45) is 0. The van der Waals surface area contributed by atoms with Crippen LogP contribution in [0.4, 0.5) is 5.00 Å². The van der Waals surface area contributed by atoms with Crippen LogP contribution in [0.3, 0.4) is 0 Å². The molecule has 2 aromatic rings. The molecule has 0 aliphatic heterocycles. The molecule has 0 atom stereocenters. The average molecular weight is 365 g/mol. The van der Waals surface area contributed by atoms with Crippen LogP contribution in [0.1, 0.15) is 17.3 Å². The first kappa shape index (κ1) is 18.5. The molecule has 1 aromatic carbocycles. The minimum Gasteiger partial charge on any atom is -0.462 e. The Morgan fingerprint density at radius 2 is 2.04 bits per heavy atom. The quantitative estimate of drug-likeness (QED) is 0.555. The molecule has 24 heavy (non-hydrogen) atoms. The molecule has 0 aliphatic rings. The number of aliphatic hydroxyl groups excluding tert-OH is 1. The first-order valence-corrected chi connectivity index (χ1v) is 9.47. The molecule has 1 aromatic heterocycles. The number of esters is 1. The number of rotatable bonds is 8. The number of hydrogen-bond acceptors (Lipinski definition) is 6. The molecule has 7 heteroatoms. The standard InChI is InChI=1S/C17H19NO4S2/c1-2-22-17(21)13-10-14(12-6-4-3-5-7-12)24-16(13)18-15(20)11-23-9-8-19/h3-7,10,19H,2,8-9,11H2,1H3,(H,18,20). The highest BCUT2D eigenvalue weighted by atomic mass is 32.2. The molecule has 5 nitrogen and oxygen atoms in total. The number of nitrogens with one attached hydrogen (secondary N) is 1. The normalized spacial score (nSPS) is 10.4. The van der Waals surface area contributed by atoms with Gasteiger partial charge in [-0.2, -0.15) is 0 Å². The van der Waals surface area contributed by atoms with Crippen LogP contribution >= 0.6 is 23.1 Å². The van der Waals surface area contributed by atoms with Gasteiger partial charge in [0.25, 0.3) is 0 Å². The number of carbonyl (C=O) groups is 2. The van der Waals surface area contributed by atoms with Crippen molar-refractivity contribution in [3.05, 3.63) is 42.0 Å². The van der Waals surface area contributed by atoms with Crippen LogP contribution < -0.4 is 5.32 Å². The number of carbonyl (C=O) groups excluding carboxylic acids is 2. The van der Waals surface area contributed by atoms with Crippen molar-refractivity contribution in [3.63, 3.8) is 0 Å². The van der Waals surface area contributed by atoms with E-state index in [0.717, 1.165) is 10.4 Å². The van der Waals surface area contributed by atoms with Crippen LogP contribution in [-0.2, 0) is 9.53 Å². The molecule has 0 radical (unpaired) electrons. The third kappa shape index (κ3) is 5.09. The fourth-order valence-corrected chi connectivity index (χ4v) is 3.58. The van der Waals surface area contributed by atoms with Gasteiger partial charge in [-0.15, -0.1) is 23.1 Å². The summed E-state index contributed by atoms with van der Waals surface area (Å²) < 4.78 is 5.08. The number of anilines is 1. The minimum atomic E-state index is -0.450. The molecule has 0 unspecified atom stereocenters. The summed E-state index contributed by atoms with van der Waals surface area (Å²) in [6.45, 7) is 2.05. The van der Waals surface area contributed by atoms with Crippen LogP contribution in [-0.4, -0.2) is 41.7 Å². The molecular formula is C17H19NO4S2. The second-order valence-electron chi connectivity index (χ2n) is 4.76. The Morgan fingerprint density at radius 3 is 2.71 bits per heavy atom. The maximum Gasteiger partial charge on any atom is 0.341 e. The van der Waals surface area contributed by atoms with Crippen LogP contribution in [0.2, 0.25) is 0 Å². The van der Waals surface area contributed by atoms with E-state index in [9.17, 15) is 9.59 Å². The van der Waals surface area contributed by atoms with E-state index in [1.165, 1.54) is 23.1 Å². The van der Waals surface area contributed by atoms with E-state index < -0.39 is 5.97 Å². The molecular weight excluding hydrogens is 346 g/mol. The van der Waals surface area contributed by atoms with Gasteiger partial charge in [-0.1, -0.05) is 30.3 Å². The fourth-order valence-electron chi connectivity index (χ4n) is 1.98. The van der Waals surface area contributed by atoms with E-state index in [2.05, 4.69) is 5.32 Å². The number of thiophene rings is 1. The molecule has 0 bridgehead atoms. The van der Waals surface area contributed by atoms with Crippen molar-refractivity contribution in [1.82, 2.24) is 0 Å². The van der Waals surface area contributed by atoms with Crippen molar-refractivity contribution >= 4 is 40.0 Å². The SMILES string of the molecule is CCOC(=O)c1cc(-c2ccccc2)sc1NC(=O)CSCCO. The molecule has 0 spiro atoms. The number of thioether (sulfide) groups is 1. The smallest absolute Gasteiger partial charge is 0.341 e. The Hall–Kier alpha value is -1.83. The Kier molecular flexibility index (Phi) is 7.30. The lowest BCUT2D eigenvalue weighted by Crippen LogP contribution is -2.16. The summed E-state index contributed by atoms with van der Waals surface area (Å²) in [5, 5.41) is 12.0. The van der Waals surface area contributed by atoms with Gasteiger partial charge in [0.05, 0.1) is 24.5 Å². The predicted octanol–water partition coefficient (Wildman–Crippen LogP) is 3.26. The highest BCUT2D eigenvalue weighted by molar-refractivity contribution is 7.99. The number of amides is 1. The highest BCUT2D eigenvalue weighted by Crippen LogP contribution is 2.36. The summed E-state index contributed by atoms with van der Waals surface area (Å²) in [4.78, 5) is 25.0. The molecule has 2 N–H and O–H groups in total. The second kappa shape index (κ2) is 9.46. The third-order valence-corrected chi connectivity index (χ3v) is 5.04. The van der Waals surface area contributed by atoms with Gasteiger partial charge in [0.1, 0.15) is 5.00 Å².